The Hall–Kier alpha value is -1.36. The Kier molecular flexibility index (Phi) is 2.02. The summed E-state index contributed by atoms with van der Waals surface area (Å²) in [4.78, 5) is 4.23. The third-order valence-electron chi connectivity index (χ3n) is 1.71. The summed E-state index contributed by atoms with van der Waals surface area (Å²) in [7, 11) is 1.82. The maximum absolute atomic E-state index is 5.26. The van der Waals surface area contributed by atoms with Gasteiger partial charge in [0.05, 0.1) is 6.26 Å². The lowest BCUT2D eigenvalue weighted by Crippen LogP contribution is -1.86. The van der Waals surface area contributed by atoms with Crippen molar-refractivity contribution in [3.8, 4) is 11.6 Å². The van der Waals surface area contributed by atoms with Crippen LogP contribution in [0.15, 0.2) is 16.7 Å². The van der Waals surface area contributed by atoms with E-state index in [4.69, 9.17) is 4.42 Å². The molecule has 0 aliphatic carbocycles. The van der Waals surface area contributed by atoms with Crippen molar-refractivity contribution >= 4 is 16.7 Å². The molecule has 0 bridgehead atoms. The maximum atomic E-state index is 5.26. The van der Waals surface area contributed by atoms with Gasteiger partial charge >= 0.3 is 0 Å². The van der Waals surface area contributed by atoms with Crippen molar-refractivity contribution in [1.29, 1.82) is 0 Å². The zero-order valence-corrected chi connectivity index (χ0v) is 8.18. The van der Waals surface area contributed by atoms with Gasteiger partial charge in [0.1, 0.15) is 0 Å². The number of aromatic nitrogens is 2. The number of aryl methyl sites for hydroxylation is 1. The quantitative estimate of drug-likeness (QED) is 0.797. The lowest BCUT2D eigenvalue weighted by Gasteiger charge is -1.89. The van der Waals surface area contributed by atoms with Crippen molar-refractivity contribution in [1.82, 2.24) is 9.36 Å². The Morgan fingerprint density at radius 3 is 2.92 bits per heavy atom. The zero-order chi connectivity index (χ0) is 9.26. The van der Waals surface area contributed by atoms with E-state index in [1.54, 1.807) is 6.26 Å². The van der Waals surface area contributed by atoms with Crippen molar-refractivity contribution in [3.63, 3.8) is 0 Å². The predicted molar refractivity (Wildman–Crippen MR) is 51.9 cm³/mol. The number of hydrogen-bond donors (Lipinski definition) is 1. The van der Waals surface area contributed by atoms with Gasteiger partial charge < -0.3 is 9.73 Å². The largest absolute Gasteiger partial charge is 0.461 e. The summed E-state index contributed by atoms with van der Waals surface area (Å²) in [5.74, 6) is 1.40. The van der Waals surface area contributed by atoms with E-state index in [1.807, 2.05) is 20.0 Å². The Balaban J connectivity index is 2.41. The molecule has 0 radical (unpaired) electrons. The summed E-state index contributed by atoms with van der Waals surface area (Å²) in [6.07, 6.45) is 1.64. The van der Waals surface area contributed by atoms with E-state index in [2.05, 4.69) is 14.7 Å². The van der Waals surface area contributed by atoms with E-state index in [0.717, 1.165) is 16.5 Å². The summed E-state index contributed by atoms with van der Waals surface area (Å²) in [6.45, 7) is 1.97. The first-order valence-electron chi connectivity index (χ1n) is 3.87. The van der Waals surface area contributed by atoms with E-state index in [1.165, 1.54) is 11.5 Å². The average Bonchev–Trinajstić information content (AvgIpc) is 2.71. The van der Waals surface area contributed by atoms with E-state index in [9.17, 15) is 0 Å². The van der Waals surface area contributed by atoms with Gasteiger partial charge in [0.25, 0.3) is 0 Å². The molecule has 2 rings (SSSR count). The van der Waals surface area contributed by atoms with E-state index < -0.39 is 0 Å². The fourth-order valence-electron chi connectivity index (χ4n) is 1.02. The van der Waals surface area contributed by atoms with Gasteiger partial charge in [-0.05, 0) is 18.6 Å². The maximum Gasteiger partial charge on any atom is 0.210 e. The van der Waals surface area contributed by atoms with E-state index >= 15 is 0 Å². The molecule has 2 aromatic rings. The summed E-state index contributed by atoms with van der Waals surface area (Å²) in [5.41, 5.74) is 1.06. The van der Waals surface area contributed by atoms with Crippen LogP contribution < -0.4 is 5.32 Å². The van der Waals surface area contributed by atoms with Gasteiger partial charge in [0, 0.05) is 18.6 Å². The second-order valence-electron chi connectivity index (χ2n) is 2.61. The van der Waals surface area contributed by atoms with Crippen LogP contribution >= 0.6 is 11.5 Å². The highest BCUT2D eigenvalue weighted by Gasteiger charge is 2.10. The predicted octanol–water partition coefficient (Wildman–Crippen LogP) is 2.15. The average molecular weight is 195 g/mol. The highest BCUT2D eigenvalue weighted by atomic mass is 32.1. The van der Waals surface area contributed by atoms with Crippen LogP contribution in [-0.4, -0.2) is 16.4 Å². The Bertz CT molecular complexity index is 407. The normalized spacial score (nSPS) is 10.3. The summed E-state index contributed by atoms with van der Waals surface area (Å²) in [5, 5.41) is 3.73. The highest BCUT2D eigenvalue weighted by molar-refractivity contribution is 7.09. The smallest absolute Gasteiger partial charge is 0.210 e. The molecule has 2 aromatic heterocycles. The number of furan rings is 1. The monoisotopic (exact) mass is 195 g/mol. The molecular formula is C8H9N3OS. The lowest BCUT2D eigenvalue weighted by atomic mass is 10.3. The molecular weight excluding hydrogens is 186 g/mol. The summed E-state index contributed by atoms with van der Waals surface area (Å²) in [6, 6.07) is 1.90. The molecule has 2 heterocycles. The van der Waals surface area contributed by atoms with E-state index in [0.29, 0.717) is 5.82 Å². The highest BCUT2D eigenvalue weighted by Crippen LogP contribution is 2.24. The van der Waals surface area contributed by atoms with Crippen LogP contribution in [0.25, 0.3) is 11.6 Å². The van der Waals surface area contributed by atoms with Crippen LogP contribution in [0.2, 0.25) is 0 Å². The number of rotatable bonds is 2. The molecule has 0 aliphatic rings. The van der Waals surface area contributed by atoms with Crippen molar-refractivity contribution in [2.75, 3.05) is 12.4 Å². The van der Waals surface area contributed by atoms with E-state index in [-0.39, 0.29) is 0 Å². The van der Waals surface area contributed by atoms with Gasteiger partial charge in [-0.3, -0.25) is 0 Å². The first-order chi connectivity index (χ1) is 6.31. The zero-order valence-electron chi connectivity index (χ0n) is 7.37. The lowest BCUT2D eigenvalue weighted by molar-refractivity contribution is 0.577. The van der Waals surface area contributed by atoms with Gasteiger partial charge in [-0.15, -0.1) is 0 Å². The second kappa shape index (κ2) is 3.18. The van der Waals surface area contributed by atoms with Gasteiger partial charge in [0.15, 0.2) is 5.76 Å². The fourth-order valence-corrected chi connectivity index (χ4v) is 1.53. The molecule has 68 valence electrons. The van der Waals surface area contributed by atoms with Crippen LogP contribution in [0, 0.1) is 6.92 Å². The fraction of sp³-hybridized carbons (Fsp3) is 0.250. The Morgan fingerprint density at radius 1 is 1.54 bits per heavy atom. The van der Waals surface area contributed by atoms with Crippen LogP contribution in [0.3, 0.4) is 0 Å². The van der Waals surface area contributed by atoms with Gasteiger partial charge in [0.2, 0.25) is 11.0 Å². The first kappa shape index (κ1) is 8.25. The molecule has 0 saturated heterocycles. The third-order valence-corrected chi connectivity index (χ3v) is 2.44. The Labute approximate surface area is 79.8 Å². The molecule has 0 fully saturated rings. The minimum atomic E-state index is 0.650. The number of anilines is 1. The molecule has 0 saturated carbocycles. The number of hydrogen-bond acceptors (Lipinski definition) is 5. The number of nitrogens with zero attached hydrogens (tertiary/aromatic N) is 2. The molecule has 1 N–H and O–H groups in total. The van der Waals surface area contributed by atoms with Gasteiger partial charge in [-0.25, -0.2) is 0 Å². The number of nitrogens with one attached hydrogen (secondary N) is 1. The minimum absolute atomic E-state index is 0.650. The van der Waals surface area contributed by atoms with Crippen LogP contribution in [-0.2, 0) is 0 Å². The SMILES string of the molecule is CNc1nc(-c2occc2C)ns1. The van der Waals surface area contributed by atoms with Gasteiger partial charge in [-0.1, -0.05) is 0 Å². The first-order valence-corrected chi connectivity index (χ1v) is 4.64. The van der Waals surface area contributed by atoms with Crippen LogP contribution in [0.5, 0.6) is 0 Å². The molecule has 5 heteroatoms. The summed E-state index contributed by atoms with van der Waals surface area (Å²) < 4.78 is 9.43. The van der Waals surface area contributed by atoms with Crippen LogP contribution in [0.4, 0.5) is 5.13 Å². The molecule has 0 unspecified atom stereocenters. The molecule has 0 aromatic carbocycles. The molecule has 0 atom stereocenters. The van der Waals surface area contributed by atoms with Crippen molar-refractivity contribution in [2.45, 2.75) is 6.92 Å². The van der Waals surface area contributed by atoms with Gasteiger partial charge in [-0.2, -0.15) is 9.36 Å². The van der Waals surface area contributed by atoms with Crippen LogP contribution in [0.1, 0.15) is 5.56 Å². The molecule has 4 nitrogen and oxygen atoms in total. The van der Waals surface area contributed by atoms with Crippen molar-refractivity contribution in [3.05, 3.63) is 17.9 Å². The standard InChI is InChI=1S/C8H9N3OS/c1-5-3-4-12-6(5)7-10-8(9-2)13-11-7/h3-4H,1-2H3,(H,9,10,11). The molecule has 0 aliphatic heterocycles. The minimum Gasteiger partial charge on any atom is -0.461 e. The third kappa shape index (κ3) is 1.42. The molecule has 0 amide bonds. The molecule has 0 spiro atoms. The Morgan fingerprint density at radius 2 is 2.38 bits per heavy atom. The molecule has 13 heavy (non-hydrogen) atoms. The van der Waals surface area contributed by atoms with Crippen molar-refractivity contribution < 1.29 is 4.42 Å². The van der Waals surface area contributed by atoms with Crippen molar-refractivity contribution in [2.24, 2.45) is 0 Å². The second-order valence-corrected chi connectivity index (χ2v) is 3.36. The topological polar surface area (TPSA) is 51.0 Å². The summed E-state index contributed by atoms with van der Waals surface area (Å²) >= 11 is 1.32.